The van der Waals surface area contributed by atoms with Gasteiger partial charge in [0.05, 0.1) is 15.9 Å². The molecule has 2 fully saturated rings. The maximum Gasteiger partial charge on any atom is 0.274 e. The summed E-state index contributed by atoms with van der Waals surface area (Å²) in [4.78, 5) is 30.2. The fraction of sp³-hybridized carbons (Fsp3) is 0.417. The van der Waals surface area contributed by atoms with Crippen LogP contribution in [0.3, 0.4) is 0 Å². The van der Waals surface area contributed by atoms with Crippen LogP contribution in [-0.2, 0) is 6.42 Å². The highest BCUT2D eigenvalue weighted by Gasteiger charge is 2.54. The Balaban J connectivity index is 1.37. The van der Waals surface area contributed by atoms with Gasteiger partial charge in [-0.25, -0.2) is 15.0 Å². The molecule has 160 valence electrons. The summed E-state index contributed by atoms with van der Waals surface area (Å²) >= 11 is 1.60. The second-order valence-electron chi connectivity index (χ2n) is 8.59. The van der Waals surface area contributed by atoms with Crippen molar-refractivity contribution in [2.45, 2.75) is 52.1 Å². The molecule has 1 saturated carbocycles. The average Bonchev–Trinajstić information content (AvgIpc) is 3.26. The number of carbonyl (C=O) groups is 1. The van der Waals surface area contributed by atoms with Gasteiger partial charge in [0.2, 0.25) is 5.95 Å². The molecule has 5 rings (SSSR count). The second kappa shape index (κ2) is 8.04. The van der Waals surface area contributed by atoms with Crippen molar-refractivity contribution in [1.82, 2.24) is 19.9 Å². The molecular formula is C24H27N5OS. The van der Waals surface area contributed by atoms with Crippen molar-refractivity contribution in [1.29, 1.82) is 0 Å². The summed E-state index contributed by atoms with van der Waals surface area (Å²) in [6, 6.07) is 8.79. The number of fused-ring (bicyclic) bond motifs is 1. The smallest absolute Gasteiger partial charge is 0.274 e. The third-order valence-corrected chi connectivity index (χ3v) is 7.29. The molecule has 3 atom stereocenters. The Bertz CT molecular complexity index is 1110. The lowest BCUT2D eigenvalue weighted by molar-refractivity contribution is 0.0704. The molecule has 0 radical (unpaired) electrons. The highest BCUT2D eigenvalue weighted by molar-refractivity contribution is 7.15. The Morgan fingerprint density at radius 1 is 1.23 bits per heavy atom. The second-order valence-corrected chi connectivity index (χ2v) is 9.80. The van der Waals surface area contributed by atoms with Gasteiger partial charge in [-0.15, -0.1) is 11.3 Å². The van der Waals surface area contributed by atoms with Crippen LogP contribution >= 0.6 is 11.3 Å². The van der Waals surface area contributed by atoms with Gasteiger partial charge in [-0.3, -0.25) is 4.79 Å². The van der Waals surface area contributed by atoms with Crippen molar-refractivity contribution >= 4 is 23.2 Å². The Morgan fingerprint density at radius 3 is 2.77 bits per heavy atom. The maximum absolute atomic E-state index is 13.7. The van der Waals surface area contributed by atoms with E-state index in [0.29, 0.717) is 30.1 Å². The van der Waals surface area contributed by atoms with Crippen molar-refractivity contribution in [2.75, 3.05) is 11.9 Å². The van der Waals surface area contributed by atoms with Crippen LogP contribution in [0, 0.1) is 19.8 Å². The van der Waals surface area contributed by atoms with Crippen LogP contribution in [0.4, 0.5) is 5.95 Å². The van der Waals surface area contributed by atoms with E-state index in [2.05, 4.69) is 57.2 Å². The van der Waals surface area contributed by atoms with E-state index in [1.54, 1.807) is 11.3 Å². The van der Waals surface area contributed by atoms with Crippen molar-refractivity contribution in [3.8, 4) is 10.4 Å². The van der Waals surface area contributed by atoms with Gasteiger partial charge in [0.25, 0.3) is 5.91 Å². The highest BCUT2D eigenvalue weighted by atomic mass is 32.1. The standard InChI is InChI=1S/C24H27N5OS/c1-4-16-11-25-24(26-12-16)27-13-19-9-18-10-20(18)29(19)23(30)21-22(31-15(3)28-21)17-7-5-6-14(2)8-17/h5-8,11-12,18-20H,4,9-10,13H2,1-3H3,(H,25,26,27)/t18?,19?,20-/m0/s1. The van der Waals surface area contributed by atoms with E-state index in [-0.39, 0.29) is 11.9 Å². The number of piperidine rings is 1. The summed E-state index contributed by atoms with van der Waals surface area (Å²) in [5, 5.41) is 4.26. The molecule has 2 aliphatic rings. The van der Waals surface area contributed by atoms with Gasteiger partial charge in [-0.1, -0.05) is 36.8 Å². The number of aryl methyl sites for hydroxylation is 3. The molecular weight excluding hydrogens is 406 g/mol. The lowest BCUT2D eigenvalue weighted by Crippen LogP contribution is -2.42. The number of rotatable bonds is 6. The third kappa shape index (κ3) is 3.94. The van der Waals surface area contributed by atoms with E-state index < -0.39 is 0 Å². The summed E-state index contributed by atoms with van der Waals surface area (Å²) in [6.45, 7) is 6.80. The zero-order chi connectivity index (χ0) is 21.5. The monoisotopic (exact) mass is 433 g/mol. The van der Waals surface area contributed by atoms with Gasteiger partial charge in [0, 0.05) is 25.0 Å². The first-order chi connectivity index (χ1) is 15.0. The number of anilines is 1. The minimum Gasteiger partial charge on any atom is -0.352 e. The average molecular weight is 434 g/mol. The SMILES string of the molecule is CCc1cnc(NCC2CC3C[C@@H]3N2C(=O)c2nc(C)sc2-c2cccc(C)c2)nc1. The molecule has 7 heteroatoms. The first-order valence-corrected chi connectivity index (χ1v) is 11.8. The summed E-state index contributed by atoms with van der Waals surface area (Å²) < 4.78 is 0. The van der Waals surface area contributed by atoms with E-state index in [1.807, 2.05) is 25.4 Å². The van der Waals surface area contributed by atoms with E-state index in [4.69, 9.17) is 0 Å². The zero-order valence-corrected chi connectivity index (χ0v) is 18.9. The number of benzene rings is 1. The minimum absolute atomic E-state index is 0.0555. The van der Waals surface area contributed by atoms with Crippen molar-refractivity contribution in [2.24, 2.45) is 5.92 Å². The topological polar surface area (TPSA) is 71.0 Å². The Hall–Kier alpha value is -2.80. The molecule has 6 nitrogen and oxygen atoms in total. The van der Waals surface area contributed by atoms with Gasteiger partial charge in [0.1, 0.15) is 5.69 Å². The normalized spacial score (nSPS) is 21.8. The number of thiazole rings is 1. The molecule has 1 aliphatic carbocycles. The minimum atomic E-state index is 0.0555. The fourth-order valence-corrected chi connectivity index (χ4v) is 5.48. The molecule has 1 aromatic carbocycles. The molecule has 1 aliphatic heterocycles. The lowest BCUT2D eigenvalue weighted by Gasteiger charge is -2.27. The molecule has 1 saturated heterocycles. The molecule has 1 N–H and O–H groups in total. The van der Waals surface area contributed by atoms with E-state index in [1.165, 1.54) is 5.56 Å². The molecule has 0 bridgehead atoms. The molecule has 0 spiro atoms. The third-order valence-electron chi connectivity index (χ3n) is 6.27. The van der Waals surface area contributed by atoms with Gasteiger partial charge in [0.15, 0.2) is 0 Å². The number of likely N-dealkylation sites (tertiary alicyclic amines) is 1. The maximum atomic E-state index is 13.7. The number of amides is 1. The van der Waals surface area contributed by atoms with Crippen LogP contribution in [-0.4, -0.2) is 44.4 Å². The highest BCUT2D eigenvalue weighted by Crippen LogP contribution is 2.49. The van der Waals surface area contributed by atoms with Crippen molar-refractivity contribution < 1.29 is 4.79 Å². The zero-order valence-electron chi connectivity index (χ0n) is 18.1. The molecule has 2 unspecified atom stereocenters. The van der Waals surface area contributed by atoms with Crippen LogP contribution in [0.25, 0.3) is 10.4 Å². The molecule has 2 aromatic heterocycles. The molecule has 1 amide bonds. The Morgan fingerprint density at radius 2 is 2.03 bits per heavy atom. The van der Waals surface area contributed by atoms with Gasteiger partial charge in [-0.2, -0.15) is 0 Å². The predicted molar refractivity (Wildman–Crippen MR) is 123 cm³/mol. The number of nitrogens with one attached hydrogen (secondary N) is 1. The number of hydrogen-bond donors (Lipinski definition) is 1. The van der Waals surface area contributed by atoms with E-state index in [0.717, 1.165) is 40.3 Å². The van der Waals surface area contributed by atoms with Gasteiger partial charge < -0.3 is 10.2 Å². The Kier molecular flexibility index (Phi) is 5.22. The summed E-state index contributed by atoms with van der Waals surface area (Å²) in [7, 11) is 0. The molecule has 3 aromatic rings. The summed E-state index contributed by atoms with van der Waals surface area (Å²) in [6.07, 6.45) is 6.77. The predicted octanol–water partition coefficient (Wildman–Crippen LogP) is 4.49. The fourth-order valence-electron chi connectivity index (χ4n) is 4.57. The summed E-state index contributed by atoms with van der Waals surface area (Å²) in [5.74, 6) is 1.29. The summed E-state index contributed by atoms with van der Waals surface area (Å²) in [5.41, 5.74) is 3.96. The van der Waals surface area contributed by atoms with Crippen molar-refractivity contribution in [3.05, 3.63) is 58.5 Å². The van der Waals surface area contributed by atoms with Gasteiger partial charge >= 0.3 is 0 Å². The largest absolute Gasteiger partial charge is 0.352 e. The van der Waals surface area contributed by atoms with Gasteiger partial charge in [-0.05, 0) is 50.2 Å². The Labute approximate surface area is 186 Å². The number of hydrogen-bond acceptors (Lipinski definition) is 6. The quantitative estimate of drug-likeness (QED) is 0.620. The van der Waals surface area contributed by atoms with Crippen LogP contribution in [0.5, 0.6) is 0 Å². The molecule has 3 heterocycles. The van der Waals surface area contributed by atoms with Crippen LogP contribution in [0.2, 0.25) is 0 Å². The number of aromatic nitrogens is 3. The van der Waals surface area contributed by atoms with E-state index >= 15 is 0 Å². The van der Waals surface area contributed by atoms with Crippen LogP contribution < -0.4 is 5.32 Å². The van der Waals surface area contributed by atoms with Crippen LogP contribution in [0.1, 0.15) is 46.4 Å². The first-order valence-electron chi connectivity index (χ1n) is 11.0. The lowest BCUT2D eigenvalue weighted by atomic mass is 10.1. The van der Waals surface area contributed by atoms with Crippen LogP contribution in [0.15, 0.2) is 36.7 Å². The molecule has 31 heavy (non-hydrogen) atoms. The first kappa shape index (κ1) is 20.1. The van der Waals surface area contributed by atoms with E-state index in [9.17, 15) is 4.79 Å². The van der Waals surface area contributed by atoms with Crippen molar-refractivity contribution in [3.63, 3.8) is 0 Å². The number of carbonyl (C=O) groups excluding carboxylic acids is 1. The number of nitrogens with zero attached hydrogens (tertiary/aromatic N) is 4.